The largest absolute Gasteiger partial charge is 0.493 e. The summed E-state index contributed by atoms with van der Waals surface area (Å²) < 4.78 is 18.1. The first kappa shape index (κ1) is 21.7. The number of benzene rings is 1. The molecule has 8 nitrogen and oxygen atoms in total. The van der Waals surface area contributed by atoms with Gasteiger partial charge in [-0.15, -0.1) is 0 Å². The van der Waals surface area contributed by atoms with Gasteiger partial charge in [-0.25, -0.2) is 9.48 Å². The molecule has 0 unspecified atom stereocenters. The molecule has 2 heterocycles. The Morgan fingerprint density at radius 3 is 2.63 bits per heavy atom. The van der Waals surface area contributed by atoms with E-state index in [4.69, 9.17) is 14.2 Å². The van der Waals surface area contributed by atoms with Crippen LogP contribution in [0.2, 0.25) is 0 Å². The lowest BCUT2D eigenvalue weighted by molar-refractivity contribution is -0.139. The second kappa shape index (κ2) is 10.1. The van der Waals surface area contributed by atoms with Gasteiger partial charge in [-0.2, -0.15) is 10.1 Å². The van der Waals surface area contributed by atoms with Gasteiger partial charge in [0.15, 0.2) is 11.5 Å². The molecule has 0 saturated carbocycles. The molecule has 1 aromatic heterocycles. The van der Waals surface area contributed by atoms with Gasteiger partial charge in [0.05, 0.1) is 26.4 Å². The van der Waals surface area contributed by atoms with Crippen molar-refractivity contribution in [3.05, 3.63) is 41.4 Å². The fraction of sp³-hybridized carbons (Fsp3) is 0.500. The number of aromatic nitrogens is 3. The van der Waals surface area contributed by atoms with E-state index in [0.717, 1.165) is 24.8 Å². The third-order valence-corrected chi connectivity index (χ3v) is 5.22. The summed E-state index contributed by atoms with van der Waals surface area (Å²) in [7, 11) is 3.17. The first-order valence-electron chi connectivity index (χ1n) is 10.4. The van der Waals surface area contributed by atoms with Crippen molar-refractivity contribution in [2.75, 3.05) is 26.1 Å². The number of anilines is 1. The van der Waals surface area contributed by atoms with E-state index >= 15 is 0 Å². The minimum Gasteiger partial charge on any atom is -0.493 e. The number of esters is 1. The van der Waals surface area contributed by atoms with Crippen LogP contribution in [0.25, 0.3) is 0 Å². The molecule has 0 saturated heterocycles. The normalized spacial score (nSPS) is 15.4. The molecular weight excluding hydrogens is 384 g/mol. The Bertz CT molecular complexity index is 906. The molecule has 0 spiro atoms. The first-order chi connectivity index (χ1) is 14.6. The lowest BCUT2D eigenvalue weighted by atomic mass is 9.95. The molecule has 0 fully saturated rings. The van der Waals surface area contributed by atoms with Crippen LogP contribution in [0.5, 0.6) is 11.5 Å². The Hall–Kier alpha value is -3.03. The van der Waals surface area contributed by atoms with Crippen molar-refractivity contribution in [1.82, 2.24) is 14.8 Å². The molecule has 1 aliphatic heterocycles. The van der Waals surface area contributed by atoms with E-state index in [1.807, 2.05) is 25.1 Å². The number of hydrogen-bond acceptors (Lipinski definition) is 7. The Kier molecular flexibility index (Phi) is 7.32. The average molecular weight is 415 g/mol. The number of nitrogens with zero attached hydrogens (tertiary/aromatic N) is 3. The summed E-state index contributed by atoms with van der Waals surface area (Å²) in [5, 5.41) is 7.49. The van der Waals surface area contributed by atoms with Crippen LogP contribution in [0.4, 0.5) is 5.95 Å². The number of allylic oxidation sites excluding steroid dienone is 1. The Morgan fingerprint density at radius 2 is 1.90 bits per heavy atom. The zero-order chi connectivity index (χ0) is 21.5. The molecule has 0 bridgehead atoms. The number of rotatable bonds is 10. The Morgan fingerprint density at radius 1 is 1.13 bits per heavy atom. The van der Waals surface area contributed by atoms with Gasteiger partial charge in [0.2, 0.25) is 5.95 Å². The smallest absolute Gasteiger partial charge is 0.338 e. The van der Waals surface area contributed by atoms with Crippen molar-refractivity contribution >= 4 is 11.9 Å². The second-order valence-corrected chi connectivity index (χ2v) is 7.26. The number of unbranched alkanes of at least 4 members (excludes halogenated alkanes) is 4. The Labute approximate surface area is 177 Å². The zero-order valence-corrected chi connectivity index (χ0v) is 18.1. The van der Waals surface area contributed by atoms with Crippen molar-refractivity contribution in [3.63, 3.8) is 0 Å². The summed E-state index contributed by atoms with van der Waals surface area (Å²) in [4.78, 5) is 17.3. The summed E-state index contributed by atoms with van der Waals surface area (Å²) in [6.07, 6.45) is 6.94. The summed E-state index contributed by atoms with van der Waals surface area (Å²) in [5.41, 5.74) is 2.04. The third kappa shape index (κ3) is 4.58. The van der Waals surface area contributed by atoms with E-state index in [0.29, 0.717) is 35.3 Å². The van der Waals surface area contributed by atoms with Gasteiger partial charge in [-0.3, -0.25) is 0 Å². The average Bonchev–Trinajstić information content (AvgIpc) is 3.22. The predicted octanol–water partition coefficient (Wildman–Crippen LogP) is 4.10. The van der Waals surface area contributed by atoms with E-state index in [2.05, 4.69) is 22.3 Å². The molecule has 2 aromatic rings. The topological polar surface area (TPSA) is 87.5 Å². The number of ether oxygens (including phenoxy) is 3. The summed E-state index contributed by atoms with van der Waals surface area (Å²) in [6, 6.07) is 5.09. The minimum atomic E-state index is -0.476. The van der Waals surface area contributed by atoms with Crippen molar-refractivity contribution in [1.29, 1.82) is 0 Å². The van der Waals surface area contributed by atoms with E-state index in [1.54, 1.807) is 18.9 Å². The van der Waals surface area contributed by atoms with Crippen LogP contribution in [0.3, 0.4) is 0 Å². The molecule has 30 heavy (non-hydrogen) atoms. The van der Waals surface area contributed by atoms with Gasteiger partial charge in [-0.1, -0.05) is 38.7 Å². The SMILES string of the molecule is CCCCCCCOC(=O)C1=C(C)Nc2ncnn2[C@H]1c1ccc(OC)c(OC)c1. The fourth-order valence-electron chi connectivity index (χ4n) is 3.63. The number of methoxy groups -OCH3 is 2. The highest BCUT2D eigenvalue weighted by molar-refractivity contribution is 5.92. The van der Waals surface area contributed by atoms with Crippen LogP contribution in [0.15, 0.2) is 35.8 Å². The van der Waals surface area contributed by atoms with E-state index in [-0.39, 0.29) is 5.97 Å². The molecule has 1 aromatic carbocycles. The van der Waals surface area contributed by atoms with E-state index in [9.17, 15) is 4.79 Å². The predicted molar refractivity (Wildman–Crippen MR) is 114 cm³/mol. The number of carbonyl (C=O) groups excluding carboxylic acids is 1. The molecule has 1 N–H and O–H groups in total. The molecule has 1 atom stereocenters. The second-order valence-electron chi connectivity index (χ2n) is 7.26. The summed E-state index contributed by atoms with van der Waals surface area (Å²) in [6.45, 7) is 4.43. The minimum absolute atomic E-state index is 0.351. The van der Waals surface area contributed by atoms with Crippen LogP contribution in [0, 0.1) is 0 Å². The van der Waals surface area contributed by atoms with Crippen LogP contribution < -0.4 is 14.8 Å². The van der Waals surface area contributed by atoms with E-state index < -0.39 is 6.04 Å². The maximum atomic E-state index is 13.1. The highest BCUT2D eigenvalue weighted by atomic mass is 16.5. The van der Waals surface area contributed by atoms with Gasteiger partial charge in [0, 0.05) is 5.70 Å². The maximum absolute atomic E-state index is 13.1. The van der Waals surface area contributed by atoms with Gasteiger partial charge >= 0.3 is 5.97 Å². The first-order valence-corrected chi connectivity index (χ1v) is 10.4. The quantitative estimate of drug-likeness (QED) is 0.463. The van der Waals surface area contributed by atoms with Gasteiger partial charge in [0.25, 0.3) is 0 Å². The highest BCUT2D eigenvalue weighted by Crippen LogP contribution is 2.38. The van der Waals surface area contributed by atoms with Crippen molar-refractivity contribution in [2.45, 2.75) is 52.0 Å². The number of nitrogens with one attached hydrogen (secondary N) is 1. The van der Waals surface area contributed by atoms with Crippen LogP contribution in [0.1, 0.15) is 57.6 Å². The number of hydrogen-bond donors (Lipinski definition) is 1. The van der Waals surface area contributed by atoms with Crippen LogP contribution in [-0.2, 0) is 9.53 Å². The third-order valence-electron chi connectivity index (χ3n) is 5.22. The number of carbonyl (C=O) groups is 1. The van der Waals surface area contributed by atoms with Gasteiger partial charge in [0.1, 0.15) is 12.4 Å². The number of fused-ring (bicyclic) bond motifs is 1. The van der Waals surface area contributed by atoms with Gasteiger partial charge < -0.3 is 19.5 Å². The monoisotopic (exact) mass is 414 g/mol. The maximum Gasteiger partial charge on any atom is 0.338 e. The zero-order valence-electron chi connectivity index (χ0n) is 18.1. The van der Waals surface area contributed by atoms with Crippen molar-refractivity contribution < 1.29 is 19.0 Å². The molecule has 1 aliphatic rings. The molecule has 0 radical (unpaired) electrons. The highest BCUT2D eigenvalue weighted by Gasteiger charge is 2.34. The standard InChI is InChI=1S/C22H30N4O4/c1-5-6-7-8-9-12-30-21(27)19-15(2)25-22-23-14-24-26(22)20(19)16-10-11-17(28-3)18(13-16)29-4/h10-11,13-14,20H,5-9,12H2,1-4H3,(H,23,24,25)/t20-/m0/s1. The van der Waals surface area contributed by atoms with E-state index in [1.165, 1.54) is 19.2 Å². The van der Waals surface area contributed by atoms with Crippen molar-refractivity contribution in [2.24, 2.45) is 0 Å². The Balaban J connectivity index is 1.86. The summed E-state index contributed by atoms with van der Waals surface area (Å²) >= 11 is 0. The van der Waals surface area contributed by atoms with Crippen LogP contribution >= 0.6 is 0 Å². The van der Waals surface area contributed by atoms with Crippen molar-refractivity contribution in [3.8, 4) is 11.5 Å². The lowest BCUT2D eigenvalue weighted by Gasteiger charge is -2.28. The molecular formula is C22H30N4O4. The molecule has 0 aliphatic carbocycles. The molecule has 162 valence electrons. The molecule has 0 amide bonds. The van der Waals surface area contributed by atoms with Gasteiger partial charge in [-0.05, 0) is 31.0 Å². The summed E-state index contributed by atoms with van der Waals surface area (Å²) in [5.74, 6) is 1.42. The lowest BCUT2D eigenvalue weighted by Crippen LogP contribution is -2.29. The fourth-order valence-corrected chi connectivity index (χ4v) is 3.63. The molecule has 8 heteroatoms. The molecule has 3 rings (SSSR count). The van der Waals surface area contributed by atoms with Crippen LogP contribution in [-0.4, -0.2) is 41.6 Å².